The second-order valence-corrected chi connectivity index (χ2v) is 17.5. The summed E-state index contributed by atoms with van der Waals surface area (Å²) in [5, 5.41) is 0. The Morgan fingerprint density at radius 2 is 1.07 bits per heavy atom. The highest BCUT2D eigenvalue weighted by molar-refractivity contribution is 7.99. The average molecular weight is 652 g/mol. The van der Waals surface area contributed by atoms with Crippen LogP contribution in [0, 0.1) is 13.8 Å². The molecule has 0 N–H and O–H groups in total. The lowest BCUT2D eigenvalue weighted by Gasteiger charge is -2.39. The number of carbonyl (C=O) groups is 1. The molecule has 3 aliphatic heterocycles. The van der Waals surface area contributed by atoms with Crippen molar-refractivity contribution in [3.05, 3.63) is 35.4 Å². The highest BCUT2D eigenvalue weighted by atomic mass is 32.2. The minimum absolute atomic E-state index is 0.421. The number of aryl methyl sites for hydroxylation is 2. The van der Waals surface area contributed by atoms with Gasteiger partial charge in [-0.2, -0.15) is 8.61 Å². The number of benzene rings is 2. The molecule has 2 saturated heterocycles. The third kappa shape index (κ3) is 6.77. The van der Waals surface area contributed by atoms with E-state index in [9.17, 15) is 21.6 Å². The maximum absolute atomic E-state index is 13.8. The molecule has 236 valence electrons. The molecule has 0 saturated carbocycles. The molecule has 0 atom stereocenters. The first-order valence-corrected chi connectivity index (χ1v) is 18.8. The van der Waals surface area contributed by atoms with Crippen LogP contribution in [0.1, 0.15) is 31.9 Å². The van der Waals surface area contributed by atoms with E-state index in [1.807, 2.05) is 34.6 Å². The molecule has 0 bridgehead atoms. The Balaban J connectivity index is 1.52. The second-order valence-electron chi connectivity index (χ2n) is 12.4. The summed E-state index contributed by atoms with van der Waals surface area (Å²) in [7, 11) is -6.48. The monoisotopic (exact) mass is 651 g/mol. The van der Waals surface area contributed by atoms with Crippen molar-refractivity contribution in [2.75, 3.05) is 79.6 Å². The highest BCUT2D eigenvalue weighted by Gasteiger charge is 2.36. The SMILES string of the molecule is Cc1cc(N2CCN(S(C)(=O)=O)CC2)cc2c1N(C(=O)OC(C)(C)C)c1c(C)cc(N3CCN(S(C)(=O)=O)CC3)cc1S2. The van der Waals surface area contributed by atoms with Gasteiger partial charge in [-0.3, -0.25) is 0 Å². The number of hydrogen-bond donors (Lipinski definition) is 0. The fraction of sp³-hybridized carbons (Fsp3) is 0.552. The Morgan fingerprint density at radius 3 is 1.40 bits per heavy atom. The van der Waals surface area contributed by atoms with Crippen LogP contribution in [0.25, 0.3) is 0 Å². The first kappa shape index (κ1) is 31.9. The van der Waals surface area contributed by atoms with Crippen LogP contribution >= 0.6 is 11.8 Å². The van der Waals surface area contributed by atoms with Crippen molar-refractivity contribution in [1.82, 2.24) is 8.61 Å². The van der Waals surface area contributed by atoms with Gasteiger partial charge in [-0.1, -0.05) is 11.8 Å². The van der Waals surface area contributed by atoms with Gasteiger partial charge in [0.25, 0.3) is 0 Å². The lowest BCUT2D eigenvalue weighted by atomic mass is 10.1. The summed E-state index contributed by atoms with van der Waals surface area (Å²) < 4.78 is 57.1. The Hall–Kier alpha value is -2.52. The van der Waals surface area contributed by atoms with Crippen molar-refractivity contribution in [3.8, 4) is 0 Å². The fourth-order valence-electron chi connectivity index (χ4n) is 5.83. The van der Waals surface area contributed by atoms with Gasteiger partial charge in [0.1, 0.15) is 5.60 Å². The highest BCUT2D eigenvalue weighted by Crippen LogP contribution is 2.53. The number of piperazine rings is 2. The zero-order valence-corrected chi connectivity index (χ0v) is 28.3. The third-order valence-corrected chi connectivity index (χ3v) is 11.6. The molecule has 43 heavy (non-hydrogen) atoms. The normalized spacial score (nSPS) is 18.8. The number of sulfonamides is 2. The van der Waals surface area contributed by atoms with Gasteiger partial charge in [0.2, 0.25) is 20.0 Å². The summed E-state index contributed by atoms with van der Waals surface area (Å²) in [6.45, 7) is 13.5. The molecule has 3 aliphatic rings. The van der Waals surface area contributed by atoms with Gasteiger partial charge in [-0.15, -0.1) is 0 Å². The van der Waals surface area contributed by atoms with Gasteiger partial charge >= 0.3 is 6.09 Å². The molecule has 0 spiro atoms. The molecule has 2 fully saturated rings. The summed E-state index contributed by atoms with van der Waals surface area (Å²) in [5.74, 6) is 0. The molecular formula is C29H41N5O6S3. The lowest BCUT2D eigenvalue weighted by molar-refractivity contribution is 0.0597. The molecule has 3 heterocycles. The molecule has 0 aliphatic carbocycles. The minimum Gasteiger partial charge on any atom is -0.443 e. The Morgan fingerprint density at radius 1 is 0.698 bits per heavy atom. The standard InChI is InChI=1S/C29H41N5O6S3/c1-20-16-22(30-8-12-32(13-9-30)42(6,36)37)18-24-26(20)34(28(35)40-29(3,4)5)27-21(2)17-23(19-25(27)41-24)31-10-14-33(15-11-31)43(7,38)39/h16-19H,8-15H2,1-7H3. The van der Waals surface area contributed by atoms with Crippen LogP contribution in [0.5, 0.6) is 0 Å². The second kappa shape index (κ2) is 11.4. The maximum Gasteiger partial charge on any atom is 0.419 e. The summed E-state index contributed by atoms with van der Waals surface area (Å²) in [6.07, 6.45) is 2.03. The first-order chi connectivity index (χ1) is 19.9. The van der Waals surface area contributed by atoms with Crippen LogP contribution in [-0.4, -0.2) is 102 Å². The third-order valence-electron chi connectivity index (χ3n) is 7.89. The number of fused-ring (bicyclic) bond motifs is 2. The largest absolute Gasteiger partial charge is 0.443 e. The number of anilines is 4. The molecule has 0 aromatic heterocycles. The van der Waals surface area contributed by atoms with Gasteiger partial charge in [-0.25, -0.2) is 26.5 Å². The zero-order valence-electron chi connectivity index (χ0n) is 25.9. The summed E-state index contributed by atoms with van der Waals surface area (Å²) in [6, 6.07) is 8.28. The average Bonchev–Trinajstić information content (AvgIpc) is 2.90. The number of amides is 1. The predicted octanol–water partition coefficient (Wildman–Crippen LogP) is 4.00. The predicted molar refractivity (Wildman–Crippen MR) is 172 cm³/mol. The molecule has 0 radical (unpaired) electrons. The van der Waals surface area contributed by atoms with Crippen LogP contribution in [0.3, 0.4) is 0 Å². The molecule has 0 unspecified atom stereocenters. The van der Waals surface area contributed by atoms with Crippen molar-refractivity contribution in [2.45, 2.75) is 50.0 Å². The Labute approximate surface area is 259 Å². The van der Waals surface area contributed by atoms with E-state index < -0.39 is 31.7 Å². The maximum atomic E-state index is 13.8. The van der Waals surface area contributed by atoms with Crippen molar-refractivity contribution >= 4 is 60.7 Å². The van der Waals surface area contributed by atoms with Crippen molar-refractivity contribution in [3.63, 3.8) is 0 Å². The Kier molecular flexibility index (Phi) is 8.49. The molecule has 5 rings (SSSR count). The topological polar surface area (TPSA) is 111 Å². The first-order valence-electron chi connectivity index (χ1n) is 14.3. The van der Waals surface area contributed by atoms with Gasteiger partial charge < -0.3 is 14.5 Å². The number of ether oxygens (including phenoxy) is 1. The summed E-state index contributed by atoms with van der Waals surface area (Å²) in [5.41, 5.74) is 4.67. The number of carbonyl (C=O) groups excluding carboxylic acids is 1. The van der Waals surface area contributed by atoms with Crippen LogP contribution in [0.4, 0.5) is 27.5 Å². The van der Waals surface area contributed by atoms with Crippen LogP contribution in [0.2, 0.25) is 0 Å². The molecule has 14 heteroatoms. The zero-order chi connectivity index (χ0) is 31.5. The van der Waals surface area contributed by atoms with Gasteiger partial charge in [-0.05, 0) is 70.0 Å². The molecular weight excluding hydrogens is 611 g/mol. The fourth-order valence-corrected chi connectivity index (χ4v) is 8.78. The summed E-state index contributed by atoms with van der Waals surface area (Å²) in [4.78, 5) is 21.7. The van der Waals surface area contributed by atoms with Crippen molar-refractivity contribution < 1.29 is 26.4 Å². The quantitative estimate of drug-likeness (QED) is 0.485. The number of hydrogen-bond acceptors (Lipinski definition) is 9. The minimum atomic E-state index is -3.24. The molecule has 1 amide bonds. The molecule has 2 aromatic carbocycles. The van der Waals surface area contributed by atoms with E-state index in [2.05, 4.69) is 34.1 Å². The van der Waals surface area contributed by atoms with E-state index in [4.69, 9.17) is 4.74 Å². The van der Waals surface area contributed by atoms with Crippen LogP contribution in [-0.2, 0) is 24.8 Å². The van der Waals surface area contributed by atoms with Gasteiger partial charge in [0.05, 0.1) is 23.9 Å². The van der Waals surface area contributed by atoms with Crippen molar-refractivity contribution in [2.24, 2.45) is 0 Å². The lowest BCUT2D eigenvalue weighted by Crippen LogP contribution is -2.48. The molecule has 2 aromatic rings. The van der Waals surface area contributed by atoms with Crippen LogP contribution in [0.15, 0.2) is 34.1 Å². The smallest absolute Gasteiger partial charge is 0.419 e. The van der Waals surface area contributed by atoms with E-state index >= 15 is 0 Å². The Bertz CT molecular complexity index is 1530. The van der Waals surface area contributed by atoms with Gasteiger partial charge in [0, 0.05) is 73.5 Å². The summed E-state index contributed by atoms with van der Waals surface area (Å²) >= 11 is 1.60. The van der Waals surface area contributed by atoms with E-state index in [1.165, 1.54) is 21.1 Å². The van der Waals surface area contributed by atoms with Crippen molar-refractivity contribution in [1.29, 1.82) is 0 Å². The molecule has 11 nitrogen and oxygen atoms in total. The van der Waals surface area contributed by atoms with Crippen LogP contribution < -0.4 is 14.7 Å². The van der Waals surface area contributed by atoms with Gasteiger partial charge in [0.15, 0.2) is 0 Å². The number of nitrogens with zero attached hydrogens (tertiary/aromatic N) is 5. The van der Waals surface area contributed by atoms with E-state index in [1.54, 1.807) is 16.7 Å². The number of rotatable bonds is 4. The van der Waals surface area contributed by atoms with E-state index in [0.29, 0.717) is 52.4 Å². The van der Waals surface area contributed by atoms with E-state index in [-0.39, 0.29) is 0 Å². The van der Waals surface area contributed by atoms with E-state index in [0.717, 1.165) is 43.7 Å².